The van der Waals surface area contributed by atoms with E-state index in [4.69, 9.17) is 5.73 Å². The molecule has 1 atom stereocenters. The van der Waals surface area contributed by atoms with E-state index in [2.05, 4.69) is 0 Å². The summed E-state index contributed by atoms with van der Waals surface area (Å²) in [5.41, 5.74) is -14.4. The van der Waals surface area contributed by atoms with E-state index < -0.39 is 93.8 Å². The first kappa shape index (κ1) is 29.2. The molecule has 0 bridgehead atoms. The summed E-state index contributed by atoms with van der Waals surface area (Å²) in [6, 6.07) is -2.32. The molecule has 3 N–H and O–H groups in total. The fourth-order valence-corrected chi connectivity index (χ4v) is 3.30. The summed E-state index contributed by atoms with van der Waals surface area (Å²) in [6.45, 7) is 1.12. The van der Waals surface area contributed by atoms with E-state index in [1.807, 2.05) is 0 Å². The molecule has 0 radical (unpaired) electrons. The van der Waals surface area contributed by atoms with Crippen LogP contribution in [0.15, 0.2) is 35.3 Å². The van der Waals surface area contributed by atoms with Crippen molar-refractivity contribution >= 4 is 11.6 Å². The van der Waals surface area contributed by atoms with Gasteiger partial charge in [-0.3, -0.25) is 4.79 Å². The lowest BCUT2D eigenvalue weighted by atomic mass is 9.88. The summed E-state index contributed by atoms with van der Waals surface area (Å²) in [6.07, 6.45) is -25.5. The molecule has 17 heteroatoms. The Kier molecular flexibility index (Phi) is 7.17. The normalized spacial score (nSPS) is 18.3. The number of hydrogen-bond acceptors (Lipinski definition) is 2. The number of anilines is 1. The Morgan fingerprint density at radius 2 is 1.28 bits per heavy atom. The minimum absolute atomic E-state index is 0.194. The van der Waals surface area contributed by atoms with Gasteiger partial charge in [0.05, 0.1) is 28.1 Å². The van der Waals surface area contributed by atoms with Crippen LogP contribution in [-0.4, -0.2) is 18.3 Å². The van der Waals surface area contributed by atoms with Gasteiger partial charge in [-0.25, -0.2) is 8.78 Å². The number of carbonyl (C=O) groups excluding carboxylic acids is 1. The van der Waals surface area contributed by atoms with Crippen LogP contribution in [-0.2, 0) is 22.8 Å². The fraction of sp³-hybridized carbons (Fsp3) is 0.421. The molecule has 0 saturated heterocycles. The summed E-state index contributed by atoms with van der Waals surface area (Å²) >= 11 is 0. The van der Waals surface area contributed by atoms with Gasteiger partial charge < -0.3 is 11.1 Å². The number of halogens is 14. The number of alkyl halides is 13. The molecule has 2 rings (SSSR count). The van der Waals surface area contributed by atoms with Crippen LogP contribution in [0.2, 0.25) is 0 Å². The molecule has 1 amide bonds. The molecule has 0 aromatic heterocycles. The number of nitrogens with two attached hydrogens (primary N) is 1. The molecule has 36 heavy (non-hydrogen) atoms. The molecule has 1 aliphatic carbocycles. The van der Waals surface area contributed by atoms with Gasteiger partial charge in [-0.1, -0.05) is 13.0 Å². The smallest absolute Gasteiger partial charge is 0.397 e. The zero-order valence-electron chi connectivity index (χ0n) is 17.3. The Bertz CT molecular complexity index is 1060. The van der Waals surface area contributed by atoms with Crippen molar-refractivity contribution in [3.63, 3.8) is 0 Å². The number of carbonyl (C=O) groups is 1. The molecular formula is C19H12F14N2O. The second-order valence-electron chi connectivity index (χ2n) is 7.57. The van der Waals surface area contributed by atoms with Gasteiger partial charge in [0.25, 0.3) is 5.91 Å². The molecule has 0 saturated carbocycles. The van der Waals surface area contributed by atoms with Crippen LogP contribution in [0.4, 0.5) is 67.2 Å². The number of nitrogens with one attached hydrogen (secondary N) is 1. The SMILES string of the molecule is CC1CC=C(N)C(F)=C1C(=O)Nc1c(C(F)(F)F)cc(C(F)(C(F)(F)F)C(F)(F)F)cc1C(F)(F)F. The van der Waals surface area contributed by atoms with E-state index >= 15 is 0 Å². The van der Waals surface area contributed by atoms with E-state index in [-0.39, 0.29) is 6.42 Å². The van der Waals surface area contributed by atoms with Crippen LogP contribution in [0, 0.1) is 5.92 Å². The highest BCUT2D eigenvalue weighted by Gasteiger charge is 2.74. The first-order chi connectivity index (χ1) is 15.9. The monoisotopic (exact) mass is 550 g/mol. The third kappa shape index (κ3) is 5.09. The minimum Gasteiger partial charge on any atom is -0.397 e. The first-order valence-electron chi connectivity index (χ1n) is 9.26. The molecule has 3 nitrogen and oxygen atoms in total. The van der Waals surface area contributed by atoms with Crippen molar-refractivity contribution in [2.75, 3.05) is 5.32 Å². The standard InChI is InChI=1S/C19H12F14N2O/c1-6-2-3-10(34)12(20)11(6)14(36)35-13-8(16(22,23)24)4-7(5-9(13)17(25,26)27)15(21,18(28,29)30)19(31,32)33/h3-6H,2,34H2,1H3,(H,35,36). The Balaban J connectivity index is 2.92. The molecule has 0 heterocycles. The van der Waals surface area contributed by atoms with Gasteiger partial charge in [-0.2, -0.15) is 52.7 Å². The number of benzene rings is 1. The Morgan fingerprint density at radius 1 is 0.861 bits per heavy atom. The van der Waals surface area contributed by atoms with Gasteiger partial charge in [-0.05, 0) is 24.5 Å². The Morgan fingerprint density at radius 3 is 1.64 bits per heavy atom. The highest BCUT2D eigenvalue weighted by atomic mass is 19.4. The van der Waals surface area contributed by atoms with Gasteiger partial charge >= 0.3 is 30.4 Å². The third-order valence-corrected chi connectivity index (χ3v) is 5.09. The van der Waals surface area contributed by atoms with Crippen molar-refractivity contribution in [1.82, 2.24) is 0 Å². The fourth-order valence-electron chi connectivity index (χ4n) is 3.30. The van der Waals surface area contributed by atoms with Gasteiger partial charge in [0, 0.05) is 5.56 Å². The van der Waals surface area contributed by atoms with Crippen molar-refractivity contribution in [3.05, 3.63) is 52.0 Å². The molecule has 1 aliphatic rings. The predicted octanol–water partition coefficient (Wildman–Crippen LogP) is 7.06. The summed E-state index contributed by atoms with van der Waals surface area (Å²) in [5, 5.41) is 1.05. The van der Waals surface area contributed by atoms with Crippen LogP contribution in [0.5, 0.6) is 0 Å². The highest BCUT2D eigenvalue weighted by Crippen LogP contribution is 2.55. The molecule has 0 fully saturated rings. The molecule has 0 spiro atoms. The average molecular weight is 550 g/mol. The second-order valence-corrected chi connectivity index (χ2v) is 7.57. The van der Waals surface area contributed by atoms with Crippen LogP contribution in [0.3, 0.4) is 0 Å². The highest BCUT2D eigenvalue weighted by molar-refractivity contribution is 6.06. The number of allylic oxidation sites excluding steroid dienone is 2. The van der Waals surface area contributed by atoms with E-state index in [9.17, 15) is 66.3 Å². The lowest BCUT2D eigenvalue weighted by Gasteiger charge is -2.32. The maximum Gasteiger partial charge on any atom is 0.435 e. The second kappa shape index (κ2) is 8.83. The molecule has 1 unspecified atom stereocenters. The number of hydrogen-bond donors (Lipinski definition) is 2. The molecular weight excluding hydrogens is 538 g/mol. The summed E-state index contributed by atoms with van der Waals surface area (Å²) < 4.78 is 188. The van der Waals surface area contributed by atoms with Crippen LogP contribution in [0.1, 0.15) is 30.0 Å². The quantitative estimate of drug-likeness (QED) is 0.396. The van der Waals surface area contributed by atoms with E-state index in [1.165, 1.54) is 0 Å². The molecule has 1 aromatic carbocycles. The van der Waals surface area contributed by atoms with Gasteiger partial charge in [0.15, 0.2) is 5.83 Å². The lowest BCUT2D eigenvalue weighted by molar-refractivity contribution is -0.348. The third-order valence-electron chi connectivity index (χ3n) is 5.09. The first-order valence-corrected chi connectivity index (χ1v) is 9.26. The number of amides is 1. The van der Waals surface area contributed by atoms with Crippen molar-refractivity contribution < 1.29 is 66.3 Å². The zero-order chi connectivity index (χ0) is 28.2. The van der Waals surface area contributed by atoms with Gasteiger partial charge in [0.2, 0.25) is 0 Å². The maximum absolute atomic E-state index is 14.4. The van der Waals surface area contributed by atoms with Crippen molar-refractivity contribution in [3.8, 4) is 0 Å². The zero-order valence-corrected chi connectivity index (χ0v) is 17.3. The van der Waals surface area contributed by atoms with E-state index in [0.717, 1.165) is 18.3 Å². The van der Waals surface area contributed by atoms with Gasteiger partial charge in [-0.15, -0.1) is 0 Å². The molecule has 202 valence electrons. The number of rotatable bonds is 3. The molecule has 1 aromatic rings. The molecule has 0 aliphatic heterocycles. The van der Waals surface area contributed by atoms with Crippen molar-refractivity contribution in [1.29, 1.82) is 0 Å². The van der Waals surface area contributed by atoms with Crippen molar-refractivity contribution in [2.24, 2.45) is 11.7 Å². The lowest BCUT2D eigenvalue weighted by Crippen LogP contribution is -2.50. The van der Waals surface area contributed by atoms with Crippen LogP contribution < -0.4 is 11.1 Å². The summed E-state index contributed by atoms with van der Waals surface area (Å²) in [4.78, 5) is 12.4. The Hall–Kier alpha value is -3.01. The van der Waals surface area contributed by atoms with Crippen molar-refractivity contribution in [2.45, 2.75) is 43.7 Å². The Labute approximate surface area is 191 Å². The van der Waals surface area contributed by atoms with Crippen LogP contribution in [0.25, 0.3) is 0 Å². The van der Waals surface area contributed by atoms with Crippen LogP contribution >= 0.6 is 0 Å². The van der Waals surface area contributed by atoms with Gasteiger partial charge in [0.1, 0.15) is 0 Å². The maximum atomic E-state index is 14.4. The minimum atomic E-state index is -7.04. The van der Waals surface area contributed by atoms with E-state index in [1.54, 1.807) is 0 Å². The van der Waals surface area contributed by atoms with E-state index in [0.29, 0.717) is 0 Å². The summed E-state index contributed by atoms with van der Waals surface area (Å²) in [7, 11) is 0. The largest absolute Gasteiger partial charge is 0.435 e. The summed E-state index contributed by atoms with van der Waals surface area (Å²) in [5.74, 6) is -4.63. The average Bonchev–Trinajstić information content (AvgIpc) is 2.67. The predicted molar refractivity (Wildman–Crippen MR) is 94.2 cm³/mol. The topological polar surface area (TPSA) is 55.1 Å².